The summed E-state index contributed by atoms with van der Waals surface area (Å²) in [5.74, 6) is 1.07. The Morgan fingerprint density at radius 1 is 1.16 bits per heavy atom. The lowest BCUT2D eigenvalue weighted by atomic mass is 9.45. The molecule has 0 heterocycles. The van der Waals surface area contributed by atoms with Gasteiger partial charge in [-0.05, 0) is 79.6 Å². The highest BCUT2D eigenvalue weighted by molar-refractivity contribution is 5.79. The molecule has 0 amide bonds. The first-order valence-corrected chi connectivity index (χ1v) is 9.95. The van der Waals surface area contributed by atoms with Gasteiger partial charge in [0.2, 0.25) is 0 Å². The van der Waals surface area contributed by atoms with E-state index in [1.807, 2.05) is 6.08 Å². The number of fused-ring (bicyclic) bond motifs is 5. The Kier molecular flexibility index (Phi) is 3.99. The zero-order valence-corrected chi connectivity index (χ0v) is 15.6. The summed E-state index contributed by atoms with van der Waals surface area (Å²) in [5.41, 5.74) is 0.561. The molecule has 4 aliphatic rings. The summed E-state index contributed by atoms with van der Waals surface area (Å²) in [6.07, 6.45) is 5.18. The van der Waals surface area contributed by atoms with E-state index in [1.54, 1.807) is 6.92 Å². The van der Waals surface area contributed by atoms with Crippen molar-refractivity contribution in [3.05, 3.63) is 11.6 Å². The van der Waals surface area contributed by atoms with E-state index >= 15 is 0 Å². The van der Waals surface area contributed by atoms with E-state index in [9.17, 15) is 20.1 Å². The molecule has 3 saturated carbocycles. The molecule has 140 valence electrons. The largest absolute Gasteiger partial charge is 0.393 e. The predicted octanol–water partition coefficient (Wildman–Crippen LogP) is 2.46. The second-order valence-corrected chi connectivity index (χ2v) is 9.71. The molecule has 0 aromatic rings. The van der Waals surface area contributed by atoms with Crippen LogP contribution in [0.2, 0.25) is 0 Å². The molecule has 0 aromatic carbocycles. The van der Waals surface area contributed by atoms with Crippen LogP contribution in [-0.2, 0) is 4.79 Å². The molecule has 3 fully saturated rings. The number of hydrogen-bond acceptors (Lipinski definition) is 4. The van der Waals surface area contributed by atoms with Gasteiger partial charge in [0.05, 0.1) is 18.3 Å². The number of Topliss-reactive ketones (excluding diaryl/α,β-unsaturated/α-hetero) is 1. The highest BCUT2D eigenvalue weighted by Crippen LogP contribution is 2.66. The van der Waals surface area contributed by atoms with Crippen molar-refractivity contribution >= 4 is 5.78 Å². The van der Waals surface area contributed by atoms with Crippen molar-refractivity contribution in [3.8, 4) is 0 Å². The molecule has 9 atom stereocenters. The maximum Gasteiger partial charge on any atom is 0.133 e. The molecule has 0 spiro atoms. The van der Waals surface area contributed by atoms with Crippen LogP contribution in [0, 0.1) is 34.5 Å². The normalized spacial score (nSPS) is 55.0. The van der Waals surface area contributed by atoms with Gasteiger partial charge in [-0.25, -0.2) is 0 Å². The molecular formula is C21H32O4. The molecule has 3 N–H and O–H groups in total. The fourth-order valence-corrected chi connectivity index (χ4v) is 7.56. The van der Waals surface area contributed by atoms with Crippen LogP contribution in [0.3, 0.4) is 0 Å². The third-order valence-electron chi connectivity index (χ3n) is 8.52. The van der Waals surface area contributed by atoms with Crippen molar-refractivity contribution < 1.29 is 20.1 Å². The fraction of sp³-hybridized carbons (Fsp3) is 0.857. The molecule has 0 unspecified atom stereocenters. The van der Waals surface area contributed by atoms with E-state index in [0.29, 0.717) is 25.2 Å². The van der Waals surface area contributed by atoms with E-state index in [2.05, 4.69) is 13.8 Å². The van der Waals surface area contributed by atoms with E-state index < -0.39 is 18.3 Å². The number of carbonyl (C=O) groups excluding carboxylic acids is 1. The first-order valence-electron chi connectivity index (χ1n) is 9.95. The quantitative estimate of drug-likeness (QED) is 0.636. The van der Waals surface area contributed by atoms with Crippen LogP contribution in [-0.4, -0.2) is 39.4 Å². The fourth-order valence-electron chi connectivity index (χ4n) is 7.56. The Hall–Kier alpha value is -0.710. The lowest BCUT2D eigenvalue weighted by Crippen LogP contribution is -2.59. The van der Waals surface area contributed by atoms with Crippen molar-refractivity contribution in [2.24, 2.45) is 34.5 Å². The van der Waals surface area contributed by atoms with Crippen LogP contribution in [0.1, 0.15) is 59.3 Å². The van der Waals surface area contributed by atoms with Gasteiger partial charge in [-0.15, -0.1) is 0 Å². The first-order chi connectivity index (χ1) is 11.7. The van der Waals surface area contributed by atoms with Crippen molar-refractivity contribution in [2.45, 2.75) is 77.6 Å². The van der Waals surface area contributed by atoms with E-state index in [1.165, 1.54) is 0 Å². The van der Waals surface area contributed by atoms with Gasteiger partial charge in [0.1, 0.15) is 5.78 Å². The summed E-state index contributed by atoms with van der Waals surface area (Å²) in [5, 5.41) is 32.1. The molecule has 0 aliphatic heterocycles. The minimum atomic E-state index is -0.535. The Labute approximate surface area is 150 Å². The summed E-state index contributed by atoms with van der Waals surface area (Å²) in [6, 6.07) is 0. The predicted molar refractivity (Wildman–Crippen MR) is 94.7 cm³/mol. The third-order valence-corrected chi connectivity index (χ3v) is 8.52. The van der Waals surface area contributed by atoms with Crippen LogP contribution in [0.4, 0.5) is 0 Å². The SMILES string of the molecule is CC(=O)[C@H]1CC[C@H]2[C@@H]3C[C@@H](O)C4=C[C@@H](O)CC[C@]4(C)[C@H]3[C@H](O)C[C@]12C. The zero-order chi connectivity index (χ0) is 18.1. The number of aliphatic hydroxyl groups is 3. The van der Waals surface area contributed by atoms with Crippen LogP contribution >= 0.6 is 0 Å². The van der Waals surface area contributed by atoms with E-state index in [-0.39, 0.29) is 34.4 Å². The minimum absolute atomic E-state index is 0.0446. The number of rotatable bonds is 1. The molecular weight excluding hydrogens is 316 g/mol. The number of carbonyl (C=O) groups is 1. The van der Waals surface area contributed by atoms with Crippen LogP contribution in [0.15, 0.2) is 11.6 Å². The summed E-state index contributed by atoms with van der Waals surface area (Å²) in [6.45, 7) is 6.06. The molecule has 4 nitrogen and oxygen atoms in total. The molecule has 4 aliphatic carbocycles. The summed E-state index contributed by atoms with van der Waals surface area (Å²) < 4.78 is 0. The van der Waals surface area contributed by atoms with Crippen LogP contribution < -0.4 is 0 Å². The van der Waals surface area contributed by atoms with Gasteiger partial charge >= 0.3 is 0 Å². The molecule has 25 heavy (non-hydrogen) atoms. The summed E-state index contributed by atoms with van der Waals surface area (Å²) in [4.78, 5) is 12.2. The van der Waals surface area contributed by atoms with Gasteiger partial charge in [-0.3, -0.25) is 4.79 Å². The van der Waals surface area contributed by atoms with Crippen molar-refractivity contribution in [2.75, 3.05) is 0 Å². The lowest BCUT2D eigenvalue weighted by molar-refractivity contribution is -0.151. The summed E-state index contributed by atoms with van der Waals surface area (Å²) in [7, 11) is 0. The minimum Gasteiger partial charge on any atom is -0.393 e. The van der Waals surface area contributed by atoms with E-state index in [4.69, 9.17) is 0 Å². The average molecular weight is 348 g/mol. The van der Waals surface area contributed by atoms with Gasteiger partial charge in [-0.1, -0.05) is 19.9 Å². The Bertz CT molecular complexity index is 613. The molecule has 4 heteroatoms. The first kappa shape index (κ1) is 17.7. The third kappa shape index (κ3) is 2.33. The highest BCUT2D eigenvalue weighted by Gasteiger charge is 2.63. The second kappa shape index (κ2) is 5.64. The molecule has 4 rings (SSSR count). The van der Waals surface area contributed by atoms with Crippen molar-refractivity contribution in [1.82, 2.24) is 0 Å². The van der Waals surface area contributed by atoms with Gasteiger partial charge in [0.25, 0.3) is 0 Å². The summed E-state index contributed by atoms with van der Waals surface area (Å²) >= 11 is 0. The smallest absolute Gasteiger partial charge is 0.133 e. The van der Waals surface area contributed by atoms with Crippen LogP contribution in [0.5, 0.6) is 0 Å². The molecule has 0 bridgehead atoms. The molecule has 0 aromatic heterocycles. The molecule has 0 radical (unpaired) electrons. The van der Waals surface area contributed by atoms with Gasteiger partial charge in [-0.2, -0.15) is 0 Å². The number of hydrogen-bond donors (Lipinski definition) is 3. The monoisotopic (exact) mass is 348 g/mol. The standard InChI is InChI=1S/C21H32O4/c1-11(22)14-4-5-15-13-9-17(24)16-8-12(23)6-7-20(16,2)19(13)18(25)10-21(14,15)3/h8,12-15,17-19,23-25H,4-7,9-10H2,1-3H3/t12-,13-,14+,15-,17+,18+,19+,20-,21+/m0/s1. The van der Waals surface area contributed by atoms with Crippen molar-refractivity contribution in [3.63, 3.8) is 0 Å². The lowest BCUT2D eigenvalue weighted by Gasteiger charge is -2.61. The number of aliphatic hydroxyl groups excluding tert-OH is 3. The maximum atomic E-state index is 12.2. The number of ketones is 1. The van der Waals surface area contributed by atoms with E-state index in [0.717, 1.165) is 24.8 Å². The zero-order valence-electron chi connectivity index (χ0n) is 15.6. The van der Waals surface area contributed by atoms with Gasteiger partial charge in [0.15, 0.2) is 0 Å². The topological polar surface area (TPSA) is 77.8 Å². The average Bonchev–Trinajstić information content (AvgIpc) is 2.85. The molecule has 0 saturated heterocycles. The Morgan fingerprint density at radius 3 is 2.56 bits per heavy atom. The Morgan fingerprint density at radius 2 is 1.88 bits per heavy atom. The second-order valence-electron chi connectivity index (χ2n) is 9.71. The van der Waals surface area contributed by atoms with Crippen LogP contribution in [0.25, 0.3) is 0 Å². The van der Waals surface area contributed by atoms with Gasteiger partial charge < -0.3 is 15.3 Å². The van der Waals surface area contributed by atoms with Gasteiger partial charge in [0, 0.05) is 5.92 Å². The van der Waals surface area contributed by atoms with Crippen molar-refractivity contribution in [1.29, 1.82) is 0 Å². The highest BCUT2D eigenvalue weighted by atomic mass is 16.3. The maximum absolute atomic E-state index is 12.2. The Balaban J connectivity index is 1.75.